The molecule has 4 nitrogen and oxygen atoms in total. The molecule has 0 bridgehead atoms. The Balaban J connectivity index is 1.84. The molecule has 0 amide bonds. The van der Waals surface area contributed by atoms with Gasteiger partial charge in [0.1, 0.15) is 0 Å². The summed E-state index contributed by atoms with van der Waals surface area (Å²) >= 11 is 0. The molecule has 100 valence electrons. The lowest BCUT2D eigenvalue weighted by Gasteiger charge is -2.19. The van der Waals surface area contributed by atoms with E-state index in [1.54, 1.807) is 17.2 Å². The van der Waals surface area contributed by atoms with Gasteiger partial charge in [-0.3, -0.25) is 0 Å². The van der Waals surface area contributed by atoms with Gasteiger partial charge in [0.05, 0.1) is 6.61 Å². The highest BCUT2D eigenvalue weighted by molar-refractivity contribution is 5.42. The largest absolute Gasteiger partial charge is 0.379 e. The van der Waals surface area contributed by atoms with Gasteiger partial charge in [-0.25, -0.2) is 9.37 Å². The van der Waals surface area contributed by atoms with Crippen molar-refractivity contribution in [3.63, 3.8) is 0 Å². The summed E-state index contributed by atoms with van der Waals surface area (Å²) in [5.41, 5.74) is 5.96. The Morgan fingerprint density at radius 3 is 3.00 bits per heavy atom. The average molecular weight is 253 g/mol. The predicted molar refractivity (Wildman–Crippen MR) is 68.9 cm³/mol. The van der Waals surface area contributed by atoms with Crippen molar-refractivity contribution in [3.8, 4) is 0 Å². The molecule has 0 saturated heterocycles. The molecule has 2 N–H and O–H groups in total. The van der Waals surface area contributed by atoms with Gasteiger partial charge < -0.3 is 15.4 Å². The number of pyridine rings is 1. The smallest absolute Gasteiger partial charge is 0.170 e. The number of hydrogen-bond acceptors (Lipinski definition) is 4. The van der Waals surface area contributed by atoms with E-state index in [0.717, 1.165) is 12.5 Å². The zero-order chi connectivity index (χ0) is 13.0. The van der Waals surface area contributed by atoms with Crippen LogP contribution in [0, 0.1) is 11.7 Å². The third-order valence-electron chi connectivity index (χ3n) is 3.15. The van der Waals surface area contributed by atoms with Crippen molar-refractivity contribution in [3.05, 3.63) is 23.6 Å². The third-order valence-corrected chi connectivity index (χ3v) is 3.15. The molecular formula is C13H20FN3O. The summed E-state index contributed by atoms with van der Waals surface area (Å²) in [7, 11) is 1.81. The SMILES string of the molecule is CN(CCOCC1CC1)c1nccc(CN)c1F. The molecule has 1 heterocycles. The maximum Gasteiger partial charge on any atom is 0.170 e. The van der Waals surface area contributed by atoms with E-state index < -0.39 is 0 Å². The van der Waals surface area contributed by atoms with Crippen LogP contribution in [0.5, 0.6) is 0 Å². The van der Waals surface area contributed by atoms with E-state index in [1.807, 2.05) is 7.05 Å². The fourth-order valence-corrected chi connectivity index (χ4v) is 1.74. The second-order valence-electron chi connectivity index (χ2n) is 4.75. The van der Waals surface area contributed by atoms with Gasteiger partial charge in [0.15, 0.2) is 11.6 Å². The number of likely N-dealkylation sites (N-methyl/N-ethyl adjacent to an activating group) is 1. The highest BCUT2D eigenvalue weighted by Gasteiger charge is 2.21. The summed E-state index contributed by atoms with van der Waals surface area (Å²) in [5, 5.41) is 0. The van der Waals surface area contributed by atoms with Crippen LogP contribution in [0.3, 0.4) is 0 Å². The van der Waals surface area contributed by atoms with Gasteiger partial charge in [0, 0.05) is 38.5 Å². The highest BCUT2D eigenvalue weighted by Crippen LogP contribution is 2.28. The molecule has 1 aromatic rings. The van der Waals surface area contributed by atoms with E-state index in [1.165, 1.54) is 12.8 Å². The number of ether oxygens (including phenoxy) is 1. The minimum absolute atomic E-state index is 0.188. The third kappa shape index (κ3) is 3.40. The topological polar surface area (TPSA) is 51.4 Å². The van der Waals surface area contributed by atoms with Crippen molar-refractivity contribution < 1.29 is 9.13 Å². The molecular weight excluding hydrogens is 233 g/mol. The van der Waals surface area contributed by atoms with E-state index in [2.05, 4.69) is 4.98 Å². The quantitative estimate of drug-likeness (QED) is 0.749. The predicted octanol–water partition coefficient (Wildman–Crippen LogP) is 1.54. The number of aromatic nitrogens is 1. The second kappa shape index (κ2) is 6.11. The minimum Gasteiger partial charge on any atom is -0.379 e. The molecule has 0 unspecified atom stereocenters. The Hall–Kier alpha value is -1.20. The summed E-state index contributed by atoms with van der Waals surface area (Å²) in [6.07, 6.45) is 4.15. The number of rotatable bonds is 7. The molecule has 1 aliphatic carbocycles. The number of halogens is 1. The summed E-state index contributed by atoms with van der Waals surface area (Å²) in [4.78, 5) is 5.82. The summed E-state index contributed by atoms with van der Waals surface area (Å²) in [6, 6.07) is 1.61. The lowest BCUT2D eigenvalue weighted by molar-refractivity contribution is 0.130. The standard InChI is InChI=1S/C13H20FN3O/c1-17(6-7-18-9-10-2-3-10)13-12(14)11(8-15)4-5-16-13/h4-5,10H,2-3,6-9,15H2,1H3. The first kappa shape index (κ1) is 13.2. The van der Waals surface area contributed by atoms with Crippen LogP contribution in [-0.2, 0) is 11.3 Å². The van der Waals surface area contributed by atoms with E-state index in [9.17, 15) is 4.39 Å². The Morgan fingerprint density at radius 1 is 1.56 bits per heavy atom. The molecule has 1 aromatic heterocycles. The minimum atomic E-state index is -0.329. The zero-order valence-corrected chi connectivity index (χ0v) is 10.7. The number of anilines is 1. The lowest BCUT2D eigenvalue weighted by atomic mass is 10.2. The van der Waals surface area contributed by atoms with Gasteiger partial charge in [-0.1, -0.05) is 0 Å². The molecule has 18 heavy (non-hydrogen) atoms. The molecule has 0 aliphatic heterocycles. The van der Waals surface area contributed by atoms with E-state index in [-0.39, 0.29) is 12.4 Å². The Labute approximate surface area is 107 Å². The van der Waals surface area contributed by atoms with Crippen LogP contribution >= 0.6 is 0 Å². The van der Waals surface area contributed by atoms with Crippen LogP contribution in [0.4, 0.5) is 10.2 Å². The first-order valence-electron chi connectivity index (χ1n) is 6.34. The second-order valence-corrected chi connectivity index (χ2v) is 4.75. The van der Waals surface area contributed by atoms with Crippen molar-refractivity contribution in [1.82, 2.24) is 4.98 Å². The average Bonchev–Trinajstić information content (AvgIpc) is 3.18. The van der Waals surface area contributed by atoms with Gasteiger partial charge in [-0.2, -0.15) is 0 Å². The fourth-order valence-electron chi connectivity index (χ4n) is 1.74. The van der Waals surface area contributed by atoms with Crippen LogP contribution < -0.4 is 10.6 Å². The van der Waals surface area contributed by atoms with Crippen LogP contribution in [0.15, 0.2) is 12.3 Å². The molecule has 0 spiro atoms. The normalized spacial score (nSPS) is 14.8. The Bertz CT molecular complexity index is 396. The van der Waals surface area contributed by atoms with Crippen LogP contribution in [-0.4, -0.2) is 31.8 Å². The molecule has 5 heteroatoms. The first-order chi connectivity index (χ1) is 8.72. The van der Waals surface area contributed by atoms with E-state index in [4.69, 9.17) is 10.5 Å². The summed E-state index contributed by atoms with van der Waals surface area (Å²) < 4.78 is 19.5. The van der Waals surface area contributed by atoms with E-state index >= 15 is 0 Å². The summed E-state index contributed by atoms with van der Waals surface area (Å²) in [6.45, 7) is 2.24. The van der Waals surface area contributed by atoms with Gasteiger partial charge in [-0.05, 0) is 24.8 Å². The van der Waals surface area contributed by atoms with E-state index in [0.29, 0.717) is 24.5 Å². The monoisotopic (exact) mass is 253 g/mol. The van der Waals surface area contributed by atoms with Crippen LogP contribution in [0.1, 0.15) is 18.4 Å². The molecule has 1 fully saturated rings. The van der Waals surface area contributed by atoms with Crippen molar-refractivity contribution in [2.45, 2.75) is 19.4 Å². The van der Waals surface area contributed by atoms with Crippen molar-refractivity contribution in [2.75, 3.05) is 31.7 Å². The fraction of sp³-hybridized carbons (Fsp3) is 0.615. The van der Waals surface area contributed by atoms with Gasteiger partial charge in [0.2, 0.25) is 0 Å². The molecule has 0 aromatic carbocycles. The van der Waals surface area contributed by atoms with Crippen molar-refractivity contribution in [2.24, 2.45) is 11.7 Å². The van der Waals surface area contributed by atoms with Gasteiger partial charge in [0.25, 0.3) is 0 Å². The maximum absolute atomic E-state index is 13.9. The molecule has 0 radical (unpaired) electrons. The lowest BCUT2D eigenvalue weighted by Crippen LogP contribution is -2.25. The molecule has 1 saturated carbocycles. The van der Waals surface area contributed by atoms with Gasteiger partial charge >= 0.3 is 0 Å². The Morgan fingerprint density at radius 2 is 2.33 bits per heavy atom. The number of nitrogens with zero attached hydrogens (tertiary/aromatic N) is 2. The number of hydrogen-bond donors (Lipinski definition) is 1. The van der Waals surface area contributed by atoms with Crippen molar-refractivity contribution >= 4 is 5.82 Å². The summed E-state index contributed by atoms with van der Waals surface area (Å²) in [5.74, 6) is 0.767. The van der Waals surface area contributed by atoms with Crippen LogP contribution in [0.25, 0.3) is 0 Å². The maximum atomic E-state index is 13.9. The zero-order valence-electron chi connectivity index (χ0n) is 10.7. The molecule has 1 aliphatic rings. The molecule has 2 rings (SSSR count). The molecule has 0 atom stereocenters. The van der Waals surface area contributed by atoms with Crippen LogP contribution in [0.2, 0.25) is 0 Å². The Kier molecular flexibility index (Phi) is 4.49. The number of nitrogens with two attached hydrogens (primary N) is 1. The first-order valence-corrected chi connectivity index (χ1v) is 6.34. The van der Waals surface area contributed by atoms with Gasteiger partial charge in [-0.15, -0.1) is 0 Å². The van der Waals surface area contributed by atoms with Crippen molar-refractivity contribution in [1.29, 1.82) is 0 Å². The highest BCUT2D eigenvalue weighted by atomic mass is 19.1.